The van der Waals surface area contributed by atoms with Crippen LogP contribution in [0.1, 0.15) is 83.3 Å². The third kappa shape index (κ3) is 15.3. The number of primary amides is 1. The first kappa shape index (κ1) is 51.1. The number of carbonyl (C=O) groups excluding carboxylic acids is 7. The molecule has 0 aliphatic carbocycles. The number of fused-ring (bicyclic) bond motifs is 1. The van der Waals surface area contributed by atoms with Gasteiger partial charge in [-0.15, -0.1) is 0 Å². The Labute approximate surface area is 377 Å². The van der Waals surface area contributed by atoms with Gasteiger partial charge in [-0.05, 0) is 93.7 Å². The van der Waals surface area contributed by atoms with E-state index in [1.807, 2.05) is 38.1 Å². The minimum Gasteiger partial charge on any atom is -0.508 e. The number of phenols is 1. The molecule has 4 rings (SSSR count). The molecule has 3 aromatic rings. The van der Waals surface area contributed by atoms with Gasteiger partial charge in [-0.1, -0.05) is 44.2 Å². The highest BCUT2D eigenvalue weighted by Gasteiger charge is 2.40. The minimum absolute atomic E-state index is 0.0545. The maximum absolute atomic E-state index is 14.3. The summed E-state index contributed by atoms with van der Waals surface area (Å²) in [6, 6.07) is 4.85. The van der Waals surface area contributed by atoms with Crippen molar-refractivity contribution < 1.29 is 48.6 Å². The number of aromatic hydroxyl groups is 1. The molecule has 0 unspecified atom stereocenters. The number of aliphatic carboxylic acids is 1. The van der Waals surface area contributed by atoms with Crippen LogP contribution in [0.4, 0.5) is 0 Å². The molecule has 1 aromatic heterocycles. The molecule has 354 valence electrons. The van der Waals surface area contributed by atoms with Gasteiger partial charge in [0.05, 0.1) is 6.04 Å². The van der Waals surface area contributed by atoms with E-state index < -0.39 is 89.6 Å². The van der Waals surface area contributed by atoms with Crippen molar-refractivity contribution in [1.29, 1.82) is 0 Å². The van der Waals surface area contributed by atoms with Gasteiger partial charge in [0.15, 0.2) is 0 Å². The summed E-state index contributed by atoms with van der Waals surface area (Å²) in [5.41, 5.74) is 19.0. The van der Waals surface area contributed by atoms with E-state index in [1.54, 1.807) is 6.20 Å². The third-order valence-corrected chi connectivity index (χ3v) is 11.2. The van der Waals surface area contributed by atoms with Crippen molar-refractivity contribution >= 4 is 58.2 Å². The lowest BCUT2D eigenvalue weighted by atomic mass is 10.00. The molecule has 0 radical (unpaired) electrons. The number of hydrogen-bond donors (Lipinski definition) is 11. The van der Waals surface area contributed by atoms with E-state index >= 15 is 0 Å². The maximum Gasteiger partial charge on any atom is 0.326 e. The van der Waals surface area contributed by atoms with E-state index in [4.69, 9.17) is 17.2 Å². The molecule has 0 spiro atoms. The first-order chi connectivity index (χ1) is 30.9. The molecular formula is C45H64N10O10. The fourth-order valence-electron chi connectivity index (χ4n) is 7.70. The van der Waals surface area contributed by atoms with E-state index in [-0.39, 0.29) is 63.2 Å². The summed E-state index contributed by atoms with van der Waals surface area (Å²) in [7, 11) is 0. The number of amides is 7. The van der Waals surface area contributed by atoms with Gasteiger partial charge in [0.25, 0.3) is 0 Å². The van der Waals surface area contributed by atoms with Crippen LogP contribution < -0.4 is 43.8 Å². The summed E-state index contributed by atoms with van der Waals surface area (Å²) in [6.45, 7) is 5.60. The minimum atomic E-state index is -1.44. The topological polar surface area (TPSA) is 334 Å². The second kappa shape index (κ2) is 24.5. The number of hydrogen-bond acceptors (Lipinski definition) is 11. The first-order valence-corrected chi connectivity index (χ1v) is 22.0. The molecule has 2 aromatic carbocycles. The van der Waals surface area contributed by atoms with Crippen LogP contribution in [0.5, 0.6) is 5.75 Å². The van der Waals surface area contributed by atoms with Gasteiger partial charge in [-0.2, -0.15) is 0 Å². The summed E-state index contributed by atoms with van der Waals surface area (Å²) in [5.74, 6) is -6.51. The number of likely N-dealkylation sites (tertiary alicyclic amines) is 1. The number of aromatic amines is 1. The van der Waals surface area contributed by atoms with Crippen LogP contribution >= 0.6 is 0 Å². The predicted octanol–water partition coefficient (Wildman–Crippen LogP) is -0.0539. The number of benzene rings is 2. The van der Waals surface area contributed by atoms with Crippen LogP contribution in [-0.2, 0) is 51.2 Å². The SMILES string of the molecule is CC(C)C[C@H](NC(=O)[C@H](Cc1ccc(O)cc1)NC(=O)[C@H](CCC(N)=O)NC(=O)[C@@H]1CCCN1C(=O)[C@H](Cc1c[nH]c2ccccc12)NC(=O)[C@H](C)N)C(=O)N[C@@H](CCCCN)C(=O)O. The van der Waals surface area contributed by atoms with Crippen LogP contribution in [-0.4, -0.2) is 123 Å². The number of nitrogens with zero attached hydrogens (tertiary/aromatic N) is 1. The second-order valence-corrected chi connectivity index (χ2v) is 17.0. The van der Waals surface area contributed by atoms with E-state index in [0.717, 1.165) is 16.5 Å². The number of carboxylic acids is 1. The number of nitrogens with one attached hydrogen (secondary N) is 6. The van der Waals surface area contributed by atoms with Gasteiger partial charge in [0.1, 0.15) is 42.0 Å². The Hall–Kier alpha value is -6.54. The van der Waals surface area contributed by atoms with Gasteiger partial charge in [0.2, 0.25) is 41.4 Å². The Morgan fingerprint density at radius 2 is 1.40 bits per heavy atom. The molecule has 1 aliphatic heterocycles. The summed E-state index contributed by atoms with van der Waals surface area (Å²) in [6.07, 6.45) is 2.88. The van der Waals surface area contributed by atoms with Gasteiger partial charge in [-0.3, -0.25) is 33.6 Å². The van der Waals surface area contributed by atoms with Crippen LogP contribution in [0, 0.1) is 5.92 Å². The number of carboxylic acid groups (broad SMARTS) is 1. The molecule has 0 bridgehead atoms. The lowest BCUT2D eigenvalue weighted by Crippen LogP contribution is -2.60. The van der Waals surface area contributed by atoms with Gasteiger partial charge >= 0.3 is 5.97 Å². The largest absolute Gasteiger partial charge is 0.508 e. The highest BCUT2D eigenvalue weighted by atomic mass is 16.4. The number of H-pyrrole nitrogens is 1. The third-order valence-electron chi connectivity index (χ3n) is 11.2. The number of aromatic nitrogens is 1. The highest BCUT2D eigenvalue weighted by Crippen LogP contribution is 2.24. The molecule has 7 amide bonds. The smallest absolute Gasteiger partial charge is 0.326 e. The van der Waals surface area contributed by atoms with Crippen molar-refractivity contribution in [3.63, 3.8) is 0 Å². The molecule has 7 atom stereocenters. The fourth-order valence-corrected chi connectivity index (χ4v) is 7.70. The molecule has 1 saturated heterocycles. The van der Waals surface area contributed by atoms with Crippen molar-refractivity contribution in [1.82, 2.24) is 36.5 Å². The van der Waals surface area contributed by atoms with Gasteiger partial charge in [0, 0.05) is 42.9 Å². The lowest BCUT2D eigenvalue weighted by Gasteiger charge is -2.30. The maximum atomic E-state index is 14.3. The first-order valence-electron chi connectivity index (χ1n) is 22.0. The average Bonchev–Trinajstić information content (AvgIpc) is 3.92. The number of para-hydroxylation sites is 1. The molecule has 14 N–H and O–H groups in total. The Balaban J connectivity index is 1.58. The standard InChI is InChI=1S/C45H64N10O10/c1-25(2)21-34(41(60)51-33(45(64)65)11-6-7-19-46)52-42(61)35(22-27-13-15-29(56)16-14-27)53-40(59)32(17-18-38(48)57)50-43(62)37-12-8-20-55(37)44(63)36(54-39(58)26(3)47)23-28-24-49-31-10-5-4-9-30(28)31/h4-5,9-10,13-16,24-26,32-37,49,56H,6-8,11-12,17-23,46-47H2,1-3H3,(H2,48,57)(H,50,62)(H,51,60)(H,52,61)(H,53,59)(H,54,58)(H,64,65)/t26-,32-,33-,34-,35-,36-,37-/m0/s1. The Morgan fingerprint density at radius 1 is 0.769 bits per heavy atom. The Morgan fingerprint density at radius 3 is 2.05 bits per heavy atom. The fraction of sp³-hybridized carbons (Fsp3) is 0.511. The summed E-state index contributed by atoms with van der Waals surface area (Å²) >= 11 is 0. The molecule has 2 heterocycles. The van der Waals surface area contributed by atoms with E-state index in [0.29, 0.717) is 31.4 Å². The summed E-state index contributed by atoms with van der Waals surface area (Å²) < 4.78 is 0. The molecule has 65 heavy (non-hydrogen) atoms. The van der Waals surface area contributed by atoms with E-state index in [1.165, 1.54) is 36.1 Å². The molecule has 1 aliphatic rings. The molecule has 1 fully saturated rings. The van der Waals surface area contributed by atoms with E-state index in [2.05, 4.69) is 31.6 Å². The van der Waals surface area contributed by atoms with Crippen LogP contribution in [0.25, 0.3) is 10.9 Å². The second-order valence-electron chi connectivity index (χ2n) is 17.0. The van der Waals surface area contributed by atoms with Crippen LogP contribution in [0.3, 0.4) is 0 Å². The van der Waals surface area contributed by atoms with Gasteiger partial charge < -0.3 is 63.9 Å². The average molecular weight is 905 g/mol. The highest BCUT2D eigenvalue weighted by molar-refractivity contribution is 5.98. The monoisotopic (exact) mass is 904 g/mol. The van der Waals surface area contributed by atoms with Crippen molar-refractivity contribution in [2.45, 2.75) is 127 Å². The van der Waals surface area contributed by atoms with Crippen molar-refractivity contribution in [3.8, 4) is 5.75 Å². The molecular weight excluding hydrogens is 841 g/mol. The molecule has 20 heteroatoms. The van der Waals surface area contributed by atoms with Crippen molar-refractivity contribution in [2.24, 2.45) is 23.1 Å². The summed E-state index contributed by atoms with van der Waals surface area (Å²) in [5, 5.41) is 33.8. The van der Waals surface area contributed by atoms with Gasteiger partial charge in [-0.25, -0.2) is 4.79 Å². The predicted molar refractivity (Wildman–Crippen MR) is 240 cm³/mol. The number of nitrogens with two attached hydrogens (primary N) is 3. The van der Waals surface area contributed by atoms with Crippen molar-refractivity contribution in [3.05, 3.63) is 65.9 Å². The zero-order chi connectivity index (χ0) is 47.8. The number of rotatable bonds is 25. The quantitative estimate of drug-likeness (QED) is 0.0499. The van der Waals surface area contributed by atoms with Crippen LogP contribution in [0.2, 0.25) is 0 Å². The molecule has 20 nitrogen and oxygen atoms in total. The normalized spacial score (nSPS) is 16.4. The molecule has 0 saturated carbocycles. The summed E-state index contributed by atoms with van der Waals surface area (Å²) in [4.78, 5) is 112. The Bertz CT molecular complexity index is 2140. The van der Waals surface area contributed by atoms with Crippen LogP contribution in [0.15, 0.2) is 54.7 Å². The lowest BCUT2D eigenvalue weighted by molar-refractivity contribution is -0.143. The zero-order valence-corrected chi connectivity index (χ0v) is 37.1. The zero-order valence-electron chi connectivity index (χ0n) is 37.1. The number of unbranched alkanes of at least 4 members (excludes halogenated alkanes) is 1. The number of carbonyl (C=O) groups is 8. The Kier molecular flexibility index (Phi) is 19.3. The number of phenolic OH excluding ortho intramolecular Hbond substituents is 1. The van der Waals surface area contributed by atoms with Crippen molar-refractivity contribution in [2.75, 3.05) is 13.1 Å². The van der Waals surface area contributed by atoms with E-state index in [9.17, 15) is 48.6 Å².